The minimum absolute atomic E-state index is 0.0932. The number of carbonyl (C=O) groups is 1. The van der Waals surface area contributed by atoms with Crippen molar-refractivity contribution in [2.24, 2.45) is 0 Å². The highest BCUT2D eigenvalue weighted by molar-refractivity contribution is 5.69. The molecule has 1 aromatic carbocycles. The van der Waals surface area contributed by atoms with E-state index in [0.717, 1.165) is 0 Å². The van der Waals surface area contributed by atoms with Crippen molar-refractivity contribution < 1.29 is 35.9 Å². The molecule has 10 nitrogen and oxygen atoms in total. The summed E-state index contributed by atoms with van der Waals surface area (Å²) in [5.74, 6) is 0.0932. The quantitative estimate of drug-likeness (QED) is 0.282. The summed E-state index contributed by atoms with van der Waals surface area (Å²) in [5.41, 5.74) is -2.62. The van der Waals surface area contributed by atoms with Gasteiger partial charge in [-0.1, -0.05) is 13.8 Å². The standard InChI is InChI=1S/C27H32F6N8O2/c1-5-20-10-22(11-21(6-2)41(20)25(42)43-16(3)4)39(24-34-12-23(13-35-24)40-15-36-37-38-40)14-17-7-18(26(28,29)30)9-19(8-17)27(31,32)33/h7-9,12-13,15-16,20-22H,5-6,10-11,14H2,1-4H3/t20-,21+,22?. The number of hydrogen-bond acceptors (Lipinski definition) is 8. The fraction of sp³-hybridized carbons (Fsp3) is 0.556. The van der Waals surface area contributed by atoms with Gasteiger partial charge in [0, 0.05) is 24.7 Å². The number of carbonyl (C=O) groups excluding carboxylic acids is 1. The molecular weight excluding hydrogens is 582 g/mol. The Morgan fingerprint density at radius 2 is 1.53 bits per heavy atom. The van der Waals surface area contributed by atoms with Gasteiger partial charge in [0.2, 0.25) is 5.95 Å². The van der Waals surface area contributed by atoms with E-state index in [2.05, 4.69) is 25.5 Å². The average Bonchev–Trinajstić information content (AvgIpc) is 3.49. The first kappa shape index (κ1) is 31.9. The highest BCUT2D eigenvalue weighted by Gasteiger charge is 2.42. The van der Waals surface area contributed by atoms with Crippen LogP contribution < -0.4 is 4.90 Å². The van der Waals surface area contributed by atoms with Crippen molar-refractivity contribution in [3.05, 3.63) is 53.6 Å². The van der Waals surface area contributed by atoms with E-state index < -0.39 is 35.6 Å². The summed E-state index contributed by atoms with van der Waals surface area (Å²) >= 11 is 0. The molecule has 16 heteroatoms. The Labute approximate surface area is 244 Å². The molecule has 1 fully saturated rings. The van der Waals surface area contributed by atoms with E-state index in [9.17, 15) is 31.1 Å². The molecule has 1 saturated heterocycles. The van der Waals surface area contributed by atoms with Crippen LogP contribution >= 0.6 is 0 Å². The van der Waals surface area contributed by atoms with Gasteiger partial charge in [-0.25, -0.2) is 14.8 Å². The molecule has 0 radical (unpaired) electrons. The number of alkyl halides is 6. The molecule has 3 heterocycles. The van der Waals surface area contributed by atoms with Crippen LogP contribution in [0.2, 0.25) is 0 Å². The SMILES string of the molecule is CC[C@@H]1CC(N(Cc2cc(C(F)(F)F)cc(C(F)(F)F)c2)c2ncc(-n3cnnn3)cn2)C[C@H](CC)N1C(=O)OC(C)C. The highest BCUT2D eigenvalue weighted by Crippen LogP contribution is 2.38. The minimum atomic E-state index is -4.99. The van der Waals surface area contributed by atoms with Gasteiger partial charge in [0.15, 0.2) is 0 Å². The molecule has 2 aromatic heterocycles. The van der Waals surface area contributed by atoms with Gasteiger partial charge in [0.05, 0.1) is 29.6 Å². The molecule has 4 rings (SSSR count). The van der Waals surface area contributed by atoms with Crippen molar-refractivity contribution in [2.45, 2.75) is 96.5 Å². The Kier molecular flexibility index (Phi) is 9.44. The number of nitrogens with zero attached hydrogens (tertiary/aromatic N) is 8. The summed E-state index contributed by atoms with van der Waals surface area (Å²) in [6.45, 7) is 6.95. The number of ether oxygens (including phenoxy) is 1. The molecule has 43 heavy (non-hydrogen) atoms. The zero-order valence-corrected chi connectivity index (χ0v) is 24.0. The zero-order chi connectivity index (χ0) is 31.5. The number of anilines is 1. The van der Waals surface area contributed by atoms with Crippen LogP contribution in [-0.4, -0.2) is 65.4 Å². The largest absolute Gasteiger partial charge is 0.447 e. The number of likely N-dealkylation sites (tertiary alicyclic amines) is 1. The normalized spacial score (nSPS) is 19.5. The first-order valence-corrected chi connectivity index (χ1v) is 13.8. The molecule has 1 aliphatic heterocycles. The summed E-state index contributed by atoms with van der Waals surface area (Å²) in [5, 5.41) is 10.9. The Morgan fingerprint density at radius 3 is 1.98 bits per heavy atom. The number of rotatable bonds is 8. The number of amides is 1. The number of hydrogen-bond donors (Lipinski definition) is 0. The number of tetrazole rings is 1. The smallest absolute Gasteiger partial charge is 0.416 e. The van der Waals surface area contributed by atoms with E-state index in [1.54, 1.807) is 23.6 Å². The van der Waals surface area contributed by atoms with Crippen LogP contribution in [0.4, 0.5) is 37.1 Å². The van der Waals surface area contributed by atoms with Gasteiger partial charge < -0.3 is 14.5 Å². The number of piperidine rings is 1. The third kappa shape index (κ3) is 7.51. The van der Waals surface area contributed by atoms with Crippen LogP contribution in [0.1, 0.15) is 70.1 Å². The van der Waals surface area contributed by atoms with Crippen LogP contribution in [0.15, 0.2) is 36.9 Å². The maximum Gasteiger partial charge on any atom is 0.416 e. The lowest BCUT2D eigenvalue weighted by Gasteiger charge is -2.47. The first-order valence-electron chi connectivity index (χ1n) is 13.8. The third-order valence-electron chi connectivity index (χ3n) is 7.30. The molecule has 0 N–H and O–H groups in total. The molecular formula is C27H32F6N8O2. The van der Waals surface area contributed by atoms with Gasteiger partial charge in [-0.3, -0.25) is 0 Å². The Morgan fingerprint density at radius 1 is 0.977 bits per heavy atom. The average molecular weight is 615 g/mol. The van der Waals surface area contributed by atoms with E-state index in [4.69, 9.17) is 4.74 Å². The van der Waals surface area contributed by atoms with E-state index in [-0.39, 0.29) is 42.3 Å². The highest BCUT2D eigenvalue weighted by atomic mass is 19.4. The van der Waals surface area contributed by atoms with Crippen molar-refractivity contribution in [2.75, 3.05) is 4.90 Å². The second kappa shape index (κ2) is 12.7. The molecule has 0 bridgehead atoms. The van der Waals surface area contributed by atoms with Crippen LogP contribution in [0, 0.1) is 0 Å². The molecule has 0 saturated carbocycles. The lowest BCUT2D eigenvalue weighted by atomic mass is 9.87. The van der Waals surface area contributed by atoms with Crippen LogP contribution in [-0.2, 0) is 23.6 Å². The summed E-state index contributed by atoms with van der Waals surface area (Å²) in [7, 11) is 0. The Balaban J connectivity index is 1.76. The van der Waals surface area contributed by atoms with Gasteiger partial charge in [-0.05, 0) is 73.7 Å². The molecule has 1 unspecified atom stereocenters. The second-order valence-electron chi connectivity index (χ2n) is 10.6. The maximum atomic E-state index is 13.7. The summed E-state index contributed by atoms with van der Waals surface area (Å²) in [6.07, 6.45) is -4.83. The van der Waals surface area contributed by atoms with Crippen molar-refractivity contribution in [1.29, 1.82) is 0 Å². The zero-order valence-electron chi connectivity index (χ0n) is 24.0. The van der Waals surface area contributed by atoms with Crippen molar-refractivity contribution in [1.82, 2.24) is 35.1 Å². The topological polar surface area (TPSA) is 102 Å². The fourth-order valence-electron chi connectivity index (χ4n) is 5.32. The minimum Gasteiger partial charge on any atom is -0.447 e. The number of benzene rings is 1. The Hall–Kier alpha value is -3.98. The third-order valence-corrected chi connectivity index (χ3v) is 7.30. The Bertz CT molecular complexity index is 1320. The van der Waals surface area contributed by atoms with E-state index >= 15 is 0 Å². The maximum absolute atomic E-state index is 13.7. The van der Waals surface area contributed by atoms with Gasteiger partial charge in [0.25, 0.3) is 0 Å². The summed E-state index contributed by atoms with van der Waals surface area (Å²) in [6, 6.07) is 0.490. The lowest BCUT2D eigenvalue weighted by molar-refractivity contribution is -0.143. The molecule has 0 aliphatic carbocycles. The molecule has 234 valence electrons. The molecule has 0 spiro atoms. The fourth-order valence-corrected chi connectivity index (χ4v) is 5.32. The number of aromatic nitrogens is 6. The van der Waals surface area contributed by atoms with Gasteiger partial charge >= 0.3 is 18.4 Å². The van der Waals surface area contributed by atoms with Gasteiger partial charge in [-0.2, -0.15) is 31.0 Å². The molecule has 1 amide bonds. The van der Waals surface area contributed by atoms with E-state index in [0.29, 0.717) is 43.5 Å². The summed E-state index contributed by atoms with van der Waals surface area (Å²) in [4.78, 5) is 25.1. The second-order valence-corrected chi connectivity index (χ2v) is 10.6. The monoisotopic (exact) mass is 614 g/mol. The molecule has 3 atom stereocenters. The van der Waals surface area contributed by atoms with E-state index in [1.807, 2.05) is 13.8 Å². The van der Waals surface area contributed by atoms with Crippen molar-refractivity contribution in [3.8, 4) is 5.69 Å². The molecule has 3 aromatic rings. The van der Waals surface area contributed by atoms with Crippen molar-refractivity contribution in [3.63, 3.8) is 0 Å². The lowest BCUT2D eigenvalue weighted by Crippen LogP contribution is -2.57. The number of halogens is 6. The first-order chi connectivity index (χ1) is 20.2. The summed E-state index contributed by atoms with van der Waals surface area (Å²) < 4.78 is 88.7. The van der Waals surface area contributed by atoms with Crippen LogP contribution in [0.5, 0.6) is 0 Å². The van der Waals surface area contributed by atoms with Gasteiger partial charge in [0.1, 0.15) is 12.0 Å². The van der Waals surface area contributed by atoms with E-state index in [1.165, 1.54) is 23.4 Å². The van der Waals surface area contributed by atoms with Crippen LogP contribution in [0.25, 0.3) is 5.69 Å². The van der Waals surface area contributed by atoms with Crippen LogP contribution in [0.3, 0.4) is 0 Å². The molecule has 1 aliphatic rings. The predicted octanol–water partition coefficient (Wildman–Crippen LogP) is 6.06. The predicted molar refractivity (Wildman–Crippen MR) is 142 cm³/mol. The van der Waals surface area contributed by atoms with Crippen molar-refractivity contribution >= 4 is 12.0 Å². The van der Waals surface area contributed by atoms with Gasteiger partial charge in [-0.15, -0.1) is 5.10 Å².